The number of benzene rings is 2. The Balaban J connectivity index is 1.69. The van der Waals surface area contributed by atoms with Gasteiger partial charge in [0.05, 0.1) is 22.2 Å². The van der Waals surface area contributed by atoms with Gasteiger partial charge in [0.15, 0.2) is 4.77 Å². The highest BCUT2D eigenvalue weighted by Gasteiger charge is 2.31. The summed E-state index contributed by atoms with van der Waals surface area (Å²) in [6.45, 7) is 4.33. The average molecular weight is 476 g/mol. The van der Waals surface area contributed by atoms with Crippen LogP contribution >= 0.6 is 12.2 Å². The molecule has 0 aliphatic heterocycles. The van der Waals surface area contributed by atoms with Crippen LogP contribution in [0.1, 0.15) is 49.0 Å². The molecule has 1 fully saturated rings. The van der Waals surface area contributed by atoms with Crippen LogP contribution in [0.5, 0.6) is 0 Å². The minimum absolute atomic E-state index is 0.0141. The van der Waals surface area contributed by atoms with Crippen LogP contribution in [0.4, 0.5) is 13.2 Å². The second-order valence-electron chi connectivity index (χ2n) is 8.73. The molecule has 1 aliphatic carbocycles. The fraction of sp³-hybridized carbons (Fsp3) is 0.375. The van der Waals surface area contributed by atoms with Crippen molar-refractivity contribution in [3.05, 3.63) is 68.7 Å². The number of alkyl halides is 3. The Labute approximate surface area is 193 Å². The van der Waals surface area contributed by atoms with Crippen molar-refractivity contribution in [1.29, 1.82) is 0 Å². The number of amides is 1. The first kappa shape index (κ1) is 23.2. The van der Waals surface area contributed by atoms with Crippen molar-refractivity contribution >= 4 is 29.0 Å². The van der Waals surface area contributed by atoms with Crippen molar-refractivity contribution in [1.82, 2.24) is 14.9 Å². The summed E-state index contributed by atoms with van der Waals surface area (Å²) in [6, 6.07) is 9.11. The minimum Gasteiger partial charge on any atom is -0.349 e. The summed E-state index contributed by atoms with van der Waals surface area (Å²) in [4.78, 5) is 28.8. The number of carbonyl (C=O) groups excluding carboxylic acids is 1. The van der Waals surface area contributed by atoms with E-state index in [9.17, 15) is 22.8 Å². The first-order chi connectivity index (χ1) is 15.6. The molecular formula is C24H24F3N3O2S. The molecule has 2 N–H and O–H groups in total. The number of hydrogen-bond acceptors (Lipinski definition) is 3. The van der Waals surface area contributed by atoms with Gasteiger partial charge in [-0.2, -0.15) is 13.2 Å². The van der Waals surface area contributed by atoms with Crippen LogP contribution in [0, 0.1) is 16.6 Å². The Morgan fingerprint density at radius 2 is 1.91 bits per heavy atom. The third-order valence-corrected chi connectivity index (χ3v) is 6.90. The van der Waals surface area contributed by atoms with Crippen molar-refractivity contribution in [2.45, 2.75) is 45.3 Å². The Morgan fingerprint density at radius 3 is 2.64 bits per heavy atom. The van der Waals surface area contributed by atoms with Gasteiger partial charge >= 0.3 is 6.18 Å². The van der Waals surface area contributed by atoms with Gasteiger partial charge < -0.3 is 10.3 Å². The SMILES string of the molecule is C[C@H]1[C@H](C)CCC[C@H]1NC(=O)c1ccc2c(=O)n(-c3cccc(C(F)(F)F)c3)c(=S)[nH]c2c1. The van der Waals surface area contributed by atoms with Gasteiger partial charge in [0.2, 0.25) is 0 Å². The molecule has 174 valence electrons. The lowest BCUT2D eigenvalue weighted by molar-refractivity contribution is -0.137. The number of rotatable bonds is 3. The highest BCUT2D eigenvalue weighted by Crippen LogP contribution is 2.31. The van der Waals surface area contributed by atoms with Crippen molar-refractivity contribution in [3.8, 4) is 5.69 Å². The van der Waals surface area contributed by atoms with E-state index in [0.29, 0.717) is 22.9 Å². The predicted octanol–water partition coefficient (Wildman–Crippen LogP) is 5.62. The van der Waals surface area contributed by atoms with Crippen LogP contribution in [0.3, 0.4) is 0 Å². The molecule has 0 unspecified atom stereocenters. The fourth-order valence-electron chi connectivity index (χ4n) is 4.45. The van der Waals surface area contributed by atoms with Gasteiger partial charge in [0.1, 0.15) is 0 Å². The van der Waals surface area contributed by atoms with E-state index in [1.807, 2.05) is 0 Å². The Hall–Kier alpha value is -2.94. The zero-order valence-electron chi connectivity index (χ0n) is 18.2. The summed E-state index contributed by atoms with van der Waals surface area (Å²) in [5.74, 6) is 0.670. The topological polar surface area (TPSA) is 66.9 Å². The second kappa shape index (κ2) is 8.78. The highest BCUT2D eigenvalue weighted by atomic mass is 32.1. The number of carbonyl (C=O) groups is 1. The van der Waals surface area contributed by atoms with Crippen LogP contribution in [-0.4, -0.2) is 21.5 Å². The monoisotopic (exact) mass is 475 g/mol. The zero-order chi connectivity index (χ0) is 23.9. The molecule has 0 radical (unpaired) electrons. The van der Waals surface area contributed by atoms with E-state index in [1.165, 1.54) is 18.2 Å². The third kappa shape index (κ3) is 4.59. The highest BCUT2D eigenvalue weighted by molar-refractivity contribution is 7.71. The minimum atomic E-state index is -4.54. The van der Waals surface area contributed by atoms with Gasteiger partial charge in [-0.25, -0.2) is 0 Å². The number of aromatic amines is 1. The van der Waals surface area contributed by atoms with Crippen LogP contribution in [-0.2, 0) is 6.18 Å². The molecule has 1 heterocycles. The molecular weight excluding hydrogens is 451 g/mol. The maximum atomic E-state index is 13.1. The van der Waals surface area contributed by atoms with Crippen LogP contribution in [0.15, 0.2) is 47.3 Å². The van der Waals surface area contributed by atoms with Crippen molar-refractivity contribution in [2.24, 2.45) is 11.8 Å². The zero-order valence-corrected chi connectivity index (χ0v) is 19.0. The summed E-state index contributed by atoms with van der Waals surface area (Å²) >= 11 is 5.28. The van der Waals surface area contributed by atoms with E-state index in [0.717, 1.165) is 36.0 Å². The fourth-order valence-corrected chi connectivity index (χ4v) is 4.75. The number of aromatic nitrogens is 2. The lowest BCUT2D eigenvalue weighted by atomic mass is 9.78. The van der Waals surface area contributed by atoms with Crippen LogP contribution in [0.2, 0.25) is 0 Å². The predicted molar refractivity (Wildman–Crippen MR) is 123 cm³/mol. The lowest BCUT2D eigenvalue weighted by Crippen LogP contribution is -2.43. The van der Waals surface area contributed by atoms with E-state index in [-0.39, 0.29) is 27.8 Å². The number of halogens is 3. The standard InChI is InChI=1S/C24H24F3N3O2S/c1-13-5-3-8-19(14(13)2)28-21(31)15-9-10-18-20(11-15)29-23(33)30(22(18)32)17-7-4-6-16(12-17)24(25,26)27/h4,6-7,9-14,19H,3,5,8H2,1-2H3,(H,28,31)(H,29,33)/t13-,14+,19-/m1/s1. The van der Waals surface area contributed by atoms with Gasteiger partial charge in [-0.1, -0.05) is 32.8 Å². The first-order valence-corrected chi connectivity index (χ1v) is 11.2. The number of nitrogens with zero attached hydrogens (tertiary/aromatic N) is 1. The molecule has 1 amide bonds. The normalized spacial score (nSPS) is 21.2. The van der Waals surface area contributed by atoms with Gasteiger partial charge in [0, 0.05) is 11.6 Å². The smallest absolute Gasteiger partial charge is 0.349 e. The third-order valence-electron chi connectivity index (χ3n) is 6.61. The molecule has 2 aromatic carbocycles. The first-order valence-electron chi connectivity index (χ1n) is 10.8. The van der Waals surface area contributed by atoms with E-state index < -0.39 is 17.3 Å². The lowest BCUT2D eigenvalue weighted by Gasteiger charge is -2.34. The van der Waals surface area contributed by atoms with Gasteiger partial charge in [0.25, 0.3) is 11.5 Å². The van der Waals surface area contributed by atoms with Crippen LogP contribution < -0.4 is 10.9 Å². The van der Waals surface area contributed by atoms with E-state index in [1.54, 1.807) is 12.1 Å². The summed E-state index contributed by atoms with van der Waals surface area (Å²) in [7, 11) is 0. The molecule has 3 aromatic rings. The van der Waals surface area contributed by atoms with Gasteiger partial charge in [-0.15, -0.1) is 0 Å². The van der Waals surface area contributed by atoms with Crippen LogP contribution in [0.25, 0.3) is 16.6 Å². The molecule has 0 saturated heterocycles. The molecule has 1 aromatic heterocycles. The molecule has 0 spiro atoms. The molecule has 1 saturated carbocycles. The van der Waals surface area contributed by atoms with Crippen molar-refractivity contribution in [3.63, 3.8) is 0 Å². The molecule has 9 heteroatoms. The number of hydrogen-bond donors (Lipinski definition) is 2. The summed E-state index contributed by atoms with van der Waals surface area (Å²) in [5.41, 5.74) is -0.685. The molecule has 33 heavy (non-hydrogen) atoms. The van der Waals surface area contributed by atoms with E-state index in [4.69, 9.17) is 12.2 Å². The number of H-pyrrole nitrogens is 1. The molecule has 5 nitrogen and oxygen atoms in total. The van der Waals surface area contributed by atoms with E-state index in [2.05, 4.69) is 24.1 Å². The van der Waals surface area contributed by atoms with Gasteiger partial charge in [-0.3, -0.25) is 14.2 Å². The number of nitrogens with one attached hydrogen (secondary N) is 2. The van der Waals surface area contributed by atoms with Gasteiger partial charge in [-0.05, 0) is 66.9 Å². The van der Waals surface area contributed by atoms with E-state index >= 15 is 0 Å². The summed E-state index contributed by atoms with van der Waals surface area (Å²) in [6.07, 6.45) is -1.40. The number of fused-ring (bicyclic) bond motifs is 1. The van der Waals surface area contributed by atoms with Crippen molar-refractivity contribution < 1.29 is 18.0 Å². The molecule has 3 atom stereocenters. The quantitative estimate of drug-likeness (QED) is 0.483. The molecule has 4 rings (SSSR count). The summed E-state index contributed by atoms with van der Waals surface area (Å²) < 4.78 is 40.3. The molecule has 1 aliphatic rings. The Bertz CT molecular complexity index is 1330. The maximum absolute atomic E-state index is 13.1. The average Bonchev–Trinajstić information content (AvgIpc) is 2.76. The Kier molecular flexibility index (Phi) is 6.18. The van der Waals surface area contributed by atoms with Crippen molar-refractivity contribution in [2.75, 3.05) is 0 Å². The second-order valence-corrected chi connectivity index (χ2v) is 9.11. The summed E-state index contributed by atoms with van der Waals surface area (Å²) in [5, 5.41) is 3.32. The largest absolute Gasteiger partial charge is 0.416 e. The molecule has 0 bridgehead atoms. The maximum Gasteiger partial charge on any atom is 0.416 e. The Morgan fingerprint density at radius 1 is 1.15 bits per heavy atom.